The molecule has 1 aliphatic rings. The molecule has 2 heteroatoms. The van der Waals surface area contributed by atoms with Crippen molar-refractivity contribution >= 4 is 0 Å². The first-order valence-corrected chi connectivity index (χ1v) is 7.49. The lowest BCUT2D eigenvalue weighted by Crippen LogP contribution is -2.37. The van der Waals surface area contributed by atoms with Gasteiger partial charge in [0.1, 0.15) is 0 Å². The molecular formula is C17H27NO. The van der Waals surface area contributed by atoms with Crippen LogP contribution < -0.4 is 5.73 Å². The monoisotopic (exact) mass is 261 g/mol. The molecule has 0 radical (unpaired) electrons. The number of hydrogen-bond acceptors (Lipinski definition) is 2. The average molecular weight is 261 g/mol. The van der Waals surface area contributed by atoms with Gasteiger partial charge >= 0.3 is 0 Å². The zero-order chi connectivity index (χ0) is 13.7. The molecule has 2 rings (SSSR count). The van der Waals surface area contributed by atoms with Crippen LogP contribution in [0.15, 0.2) is 30.3 Å². The largest absolute Gasteiger partial charge is 0.376 e. The number of nitrogens with two attached hydrogens (primary N) is 1. The number of rotatable bonds is 5. The summed E-state index contributed by atoms with van der Waals surface area (Å²) in [6, 6.07) is 10.8. The predicted molar refractivity (Wildman–Crippen MR) is 80.1 cm³/mol. The molecule has 0 spiro atoms. The van der Waals surface area contributed by atoms with E-state index in [1.807, 2.05) is 0 Å². The molecule has 2 N–H and O–H groups in total. The summed E-state index contributed by atoms with van der Waals surface area (Å²) in [5.41, 5.74) is 7.30. The van der Waals surface area contributed by atoms with E-state index in [9.17, 15) is 0 Å². The van der Waals surface area contributed by atoms with Crippen LogP contribution in [0, 0.1) is 11.8 Å². The number of ether oxygens (including phenoxy) is 1. The Balaban J connectivity index is 2.03. The Labute approximate surface area is 117 Å². The SMILES string of the molecule is CC1(C)C[C@H]([C@H](CCN)Cc2ccccc2)CCO1. The molecule has 0 saturated carbocycles. The van der Waals surface area contributed by atoms with Gasteiger partial charge in [-0.1, -0.05) is 30.3 Å². The first kappa shape index (κ1) is 14.5. The highest BCUT2D eigenvalue weighted by molar-refractivity contribution is 5.15. The van der Waals surface area contributed by atoms with Crippen molar-refractivity contribution in [2.75, 3.05) is 13.2 Å². The Hall–Kier alpha value is -0.860. The van der Waals surface area contributed by atoms with Crippen LogP contribution in [-0.2, 0) is 11.2 Å². The van der Waals surface area contributed by atoms with Crippen molar-refractivity contribution in [3.05, 3.63) is 35.9 Å². The number of hydrogen-bond donors (Lipinski definition) is 1. The van der Waals surface area contributed by atoms with Crippen LogP contribution >= 0.6 is 0 Å². The molecule has 1 fully saturated rings. The summed E-state index contributed by atoms with van der Waals surface area (Å²) in [6.07, 6.45) is 4.61. The van der Waals surface area contributed by atoms with Gasteiger partial charge in [0, 0.05) is 6.61 Å². The summed E-state index contributed by atoms with van der Waals surface area (Å²) in [6.45, 7) is 6.10. The van der Waals surface area contributed by atoms with E-state index in [1.54, 1.807) is 0 Å². The third kappa shape index (κ3) is 4.32. The van der Waals surface area contributed by atoms with Crippen molar-refractivity contribution in [3.63, 3.8) is 0 Å². The first-order valence-electron chi connectivity index (χ1n) is 7.49. The van der Waals surface area contributed by atoms with Crippen molar-refractivity contribution in [3.8, 4) is 0 Å². The normalized spacial score (nSPS) is 24.1. The fourth-order valence-corrected chi connectivity index (χ4v) is 3.32. The Morgan fingerprint density at radius 1 is 1.32 bits per heavy atom. The summed E-state index contributed by atoms with van der Waals surface area (Å²) in [7, 11) is 0. The zero-order valence-electron chi connectivity index (χ0n) is 12.3. The maximum atomic E-state index is 5.84. The summed E-state index contributed by atoms with van der Waals surface area (Å²) in [4.78, 5) is 0. The van der Waals surface area contributed by atoms with Crippen molar-refractivity contribution in [2.24, 2.45) is 17.6 Å². The lowest BCUT2D eigenvalue weighted by Gasteiger charge is -2.39. The minimum Gasteiger partial charge on any atom is -0.376 e. The van der Waals surface area contributed by atoms with Gasteiger partial charge in [-0.05, 0) is 63.5 Å². The molecule has 1 aromatic rings. The molecule has 106 valence electrons. The van der Waals surface area contributed by atoms with Gasteiger partial charge in [0.15, 0.2) is 0 Å². The van der Waals surface area contributed by atoms with Gasteiger partial charge in [-0.25, -0.2) is 0 Å². The molecule has 0 aliphatic carbocycles. The van der Waals surface area contributed by atoms with E-state index < -0.39 is 0 Å². The molecule has 0 bridgehead atoms. The Morgan fingerprint density at radius 2 is 2.05 bits per heavy atom. The van der Waals surface area contributed by atoms with Gasteiger partial charge in [-0.2, -0.15) is 0 Å². The van der Waals surface area contributed by atoms with Crippen LogP contribution in [0.25, 0.3) is 0 Å². The zero-order valence-corrected chi connectivity index (χ0v) is 12.3. The van der Waals surface area contributed by atoms with Crippen molar-refractivity contribution in [2.45, 2.75) is 45.1 Å². The van der Waals surface area contributed by atoms with Crippen molar-refractivity contribution < 1.29 is 4.74 Å². The van der Waals surface area contributed by atoms with Gasteiger partial charge in [-0.3, -0.25) is 0 Å². The minimum atomic E-state index is 0.0342. The van der Waals surface area contributed by atoms with Crippen LogP contribution in [0.4, 0.5) is 0 Å². The molecule has 0 amide bonds. The summed E-state index contributed by atoms with van der Waals surface area (Å²) in [5.74, 6) is 1.43. The molecule has 1 heterocycles. The molecule has 1 saturated heterocycles. The lowest BCUT2D eigenvalue weighted by molar-refractivity contribution is -0.0829. The maximum Gasteiger partial charge on any atom is 0.0629 e. The van der Waals surface area contributed by atoms with E-state index >= 15 is 0 Å². The summed E-state index contributed by atoms with van der Waals surface area (Å²) < 4.78 is 5.84. The van der Waals surface area contributed by atoms with E-state index in [1.165, 1.54) is 12.0 Å². The van der Waals surface area contributed by atoms with Crippen LogP contribution in [0.1, 0.15) is 38.7 Å². The Morgan fingerprint density at radius 3 is 2.68 bits per heavy atom. The minimum absolute atomic E-state index is 0.0342. The lowest BCUT2D eigenvalue weighted by atomic mass is 9.76. The van der Waals surface area contributed by atoms with Gasteiger partial charge in [0.25, 0.3) is 0 Å². The van der Waals surface area contributed by atoms with E-state index in [4.69, 9.17) is 10.5 Å². The summed E-state index contributed by atoms with van der Waals surface area (Å²) >= 11 is 0. The standard InChI is InChI=1S/C17H27NO/c1-17(2)13-16(9-11-19-17)15(8-10-18)12-14-6-4-3-5-7-14/h3-7,15-16H,8-13,18H2,1-2H3/t15-,16-/m1/s1. The molecule has 1 aliphatic heterocycles. The van der Waals surface area contributed by atoms with E-state index in [-0.39, 0.29) is 5.60 Å². The summed E-state index contributed by atoms with van der Waals surface area (Å²) in [5, 5.41) is 0. The molecular weight excluding hydrogens is 234 g/mol. The quantitative estimate of drug-likeness (QED) is 0.881. The first-order chi connectivity index (χ1) is 9.11. The second kappa shape index (κ2) is 6.53. The van der Waals surface area contributed by atoms with Gasteiger partial charge in [0.2, 0.25) is 0 Å². The molecule has 0 unspecified atom stereocenters. The van der Waals surface area contributed by atoms with E-state index in [0.717, 1.165) is 38.3 Å². The highest BCUT2D eigenvalue weighted by atomic mass is 16.5. The van der Waals surface area contributed by atoms with Crippen molar-refractivity contribution in [1.29, 1.82) is 0 Å². The molecule has 2 atom stereocenters. The molecule has 1 aromatic carbocycles. The smallest absolute Gasteiger partial charge is 0.0629 e. The Kier molecular flexibility index (Phi) is 5.00. The van der Waals surface area contributed by atoms with Crippen LogP contribution in [0.3, 0.4) is 0 Å². The second-order valence-electron chi connectivity index (χ2n) is 6.39. The third-order valence-corrected chi connectivity index (χ3v) is 4.28. The van der Waals surface area contributed by atoms with E-state index in [0.29, 0.717) is 5.92 Å². The highest BCUT2D eigenvalue weighted by Gasteiger charge is 2.33. The molecule has 0 aromatic heterocycles. The third-order valence-electron chi connectivity index (χ3n) is 4.28. The average Bonchev–Trinajstić information content (AvgIpc) is 2.38. The second-order valence-corrected chi connectivity index (χ2v) is 6.39. The van der Waals surface area contributed by atoms with Gasteiger partial charge < -0.3 is 10.5 Å². The van der Waals surface area contributed by atoms with Crippen molar-refractivity contribution in [1.82, 2.24) is 0 Å². The molecule has 2 nitrogen and oxygen atoms in total. The van der Waals surface area contributed by atoms with Gasteiger partial charge in [0.05, 0.1) is 5.60 Å². The fraction of sp³-hybridized carbons (Fsp3) is 0.647. The topological polar surface area (TPSA) is 35.2 Å². The predicted octanol–water partition coefficient (Wildman–Crippen LogP) is 3.40. The van der Waals surface area contributed by atoms with Gasteiger partial charge in [-0.15, -0.1) is 0 Å². The van der Waals surface area contributed by atoms with Crippen LogP contribution in [0.2, 0.25) is 0 Å². The molecule has 19 heavy (non-hydrogen) atoms. The highest BCUT2D eigenvalue weighted by Crippen LogP contribution is 2.36. The Bertz CT molecular complexity index is 374. The maximum absolute atomic E-state index is 5.84. The van der Waals surface area contributed by atoms with E-state index in [2.05, 4.69) is 44.2 Å². The fourth-order valence-electron chi connectivity index (χ4n) is 3.32. The van der Waals surface area contributed by atoms with Crippen LogP contribution in [-0.4, -0.2) is 18.8 Å². The van der Waals surface area contributed by atoms with Crippen LogP contribution in [0.5, 0.6) is 0 Å². The number of benzene rings is 1.